The molecule has 2 unspecified atom stereocenters. The van der Waals surface area contributed by atoms with Crippen LogP contribution in [0.2, 0.25) is 0 Å². The third kappa shape index (κ3) is 7.22. The molecule has 0 aliphatic carbocycles. The van der Waals surface area contributed by atoms with Gasteiger partial charge in [0.1, 0.15) is 5.75 Å². The third-order valence-corrected chi connectivity index (χ3v) is 6.42. The van der Waals surface area contributed by atoms with E-state index in [1.54, 1.807) is 7.11 Å². The normalized spacial score (nSPS) is 23.4. The molecule has 1 N–H and O–H groups in total. The van der Waals surface area contributed by atoms with Crippen LogP contribution < -0.4 is 10.1 Å². The highest BCUT2D eigenvalue weighted by molar-refractivity contribution is 14.0. The fraction of sp³-hybridized carbons (Fsp3) is 0.708. The number of nitrogens with one attached hydrogen (secondary N) is 1. The van der Waals surface area contributed by atoms with Gasteiger partial charge in [0.2, 0.25) is 0 Å². The molecule has 0 amide bonds. The minimum Gasteiger partial charge on any atom is -0.497 e. The molecule has 0 saturated carbocycles. The predicted molar refractivity (Wildman–Crippen MR) is 139 cm³/mol. The van der Waals surface area contributed by atoms with Gasteiger partial charge in [-0.25, -0.2) is 0 Å². The molecule has 7 heteroatoms. The van der Waals surface area contributed by atoms with Gasteiger partial charge in [0.25, 0.3) is 0 Å². The molecule has 31 heavy (non-hydrogen) atoms. The standard InChI is InChI=1S/C24H40N4O2.HI/c1-5-25-24(28-16-13-22(14-17-28)30-6-2)26-18-20-8-7-15-27(3)23(20)19-9-11-21(29-4)12-10-19;/h9-12,20,22-23H,5-8,13-18H2,1-4H3,(H,25,26);1H. The van der Waals surface area contributed by atoms with Crippen molar-refractivity contribution in [1.82, 2.24) is 15.1 Å². The molecule has 2 aliphatic heterocycles. The first-order valence-corrected chi connectivity index (χ1v) is 11.6. The van der Waals surface area contributed by atoms with Gasteiger partial charge in [-0.3, -0.25) is 9.89 Å². The second-order valence-electron chi connectivity index (χ2n) is 8.44. The number of hydrogen-bond acceptors (Lipinski definition) is 4. The van der Waals surface area contributed by atoms with Crippen molar-refractivity contribution in [2.75, 3.05) is 53.5 Å². The highest BCUT2D eigenvalue weighted by Gasteiger charge is 2.31. The zero-order chi connectivity index (χ0) is 21.3. The lowest BCUT2D eigenvalue weighted by molar-refractivity contribution is 0.0263. The van der Waals surface area contributed by atoms with Gasteiger partial charge in [-0.1, -0.05) is 12.1 Å². The minimum absolute atomic E-state index is 0. The van der Waals surface area contributed by atoms with Crippen LogP contribution in [0.15, 0.2) is 29.3 Å². The molecular formula is C24H41IN4O2. The quantitative estimate of drug-likeness (QED) is 0.318. The number of aliphatic imine (C=N–C) groups is 1. The van der Waals surface area contributed by atoms with Crippen LogP contribution in [0.5, 0.6) is 5.75 Å². The fourth-order valence-corrected chi connectivity index (χ4v) is 4.88. The number of likely N-dealkylation sites (tertiary alicyclic amines) is 2. The van der Waals surface area contributed by atoms with Crippen LogP contribution in [-0.4, -0.2) is 75.4 Å². The van der Waals surface area contributed by atoms with E-state index in [0.29, 0.717) is 18.1 Å². The van der Waals surface area contributed by atoms with E-state index in [-0.39, 0.29) is 24.0 Å². The number of rotatable bonds is 7. The van der Waals surface area contributed by atoms with Crippen LogP contribution in [0.3, 0.4) is 0 Å². The predicted octanol–water partition coefficient (Wildman–Crippen LogP) is 4.16. The summed E-state index contributed by atoms with van der Waals surface area (Å²) in [6.45, 7) is 9.97. The topological polar surface area (TPSA) is 49.3 Å². The zero-order valence-corrected chi connectivity index (χ0v) is 22.0. The Morgan fingerprint density at radius 1 is 1.10 bits per heavy atom. The van der Waals surface area contributed by atoms with Gasteiger partial charge < -0.3 is 19.7 Å². The average molecular weight is 545 g/mol. The number of guanidine groups is 1. The number of piperidine rings is 2. The van der Waals surface area contributed by atoms with E-state index in [2.05, 4.69) is 60.3 Å². The molecule has 2 aliphatic rings. The summed E-state index contributed by atoms with van der Waals surface area (Å²) >= 11 is 0. The molecule has 2 saturated heterocycles. The highest BCUT2D eigenvalue weighted by atomic mass is 127. The van der Waals surface area contributed by atoms with E-state index < -0.39 is 0 Å². The zero-order valence-electron chi connectivity index (χ0n) is 19.7. The van der Waals surface area contributed by atoms with Crippen LogP contribution in [0.25, 0.3) is 0 Å². The molecule has 2 heterocycles. The first-order chi connectivity index (χ1) is 14.7. The largest absolute Gasteiger partial charge is 0.497 e. The van der Waals surface area contributed by atoms with Crippen LogP contribution in [0.1, 0.15) is 51.1 Å². The SMILES string of the molecule is CCNC(=NCC1CCCN(C)C1c1ccc(OC)cc1)N1CCC(OCC)CC1.I. The van der Waals surface area contributed by atoms with Crippen LogP contribution in [-0.2, 0) is 4.74 Å². The number of nitrogens with zero attached hydrogens (tertiary/aromatic N) is 3. The molecule has 6 nitrogen and oxygen atoms in total. The highest BCUT2D eigenvalue weighted by Crippen LogP contribution is 2.36. The van der Waals surface area contributed by atoms with Gasteiger partial charge in [-0.2, -0.15) is 0 Å². The molecule has 2 fully saturated rings. The number of methoxy groups -OCH3 is 1. The Morgan fingerprint density at radius 2 is 1.81 bits per heavy atom. The summed E-state index contributed by atoms with van der Waals surface area (Å²) in [5.74, 6) is 2.50. The Labute approximate surface area is 205 Å². The smallest absolute Gasteiger partial charge is 0.193 e. The summed E-state index contributed by atoms with van der Waals surface area (Å²) in [6.07, 6.45) is 5.02. The maximum Gasteiger partial charge on any atom is 0.193 e. The van der Waals surface area contributed by atoms with E-state index in [9.17, 15) is 0 Å². The van der Waals surface area contributed by atoms with Crippen molar-refractivity contribution in [3.05, 3.63) is 29.8 Å². The second kappa shape index (κ2) is 13.5. The Kier molecular flexibility index (Phi) is 11.4. The lowest BCUT2D eigenvalue weighted by Crippen LogP contribution is -2.47. The number of hydrogen-bond donors (Lipinski definition) is 1. The van der Waals surface area contributed by atoms with Gasteiger partial charge in [-0.15, -0.1) is 24.0 Å². The van der Waals surface area contributed by atoms with E-state index in [1.807, 2.05) is 0 Å². The molecule has 0 aromatic heterocycles. The summed E-state index contributed by atoms with van der Waals surface area (Å²) in [4.78, 5) is 10.0. The number of benzene rings is 1. The van der Waals surface area contributed by atoms with Crippen molar-refractivity contribution in [3.63, 3.8) is 0 Å². The first kappa shape index (κ1) is 26.2. The van der Waals surface area contributed by atoms with Gasteiger partial charge in [-0.05, 0) is 76.7 Å². The summed E-state index contributed by atoms with van der Waals surface area (Å²) in [7, 11) is 3.97. The van der Waals surface area contributed by atoms with Crippen LogP contribution in [0, 0.1) is 5.92 Å². The number of ether oxygens (including phenoxy) is 2. The molecule has 1 aromatic carbocycles. The Balaban J connectivity index is 0.00000341. The molecule has 3 rings (SSSR count). The van der Waals surface area contributed by atoms with Crippen molar-refractivity contribution < 1.29 is 9.47 Å². The van der Waals surface area contributed by atoms with Gasteiger partial charge >= 0.3 is 0 Å². The number of halogens is 1. The molecule has 176 valence electrons. The van der Waals surface area contributed by atoms with Crippen molar-refractivity contribution >= 4 is 29.9 Å². The van der Waals surface area contributed by atoms with E-state index in [4.69, 9.17) is 14.5 Å². The van der Waals surface area contributed by atoms with E-state index in [1.165, 1.54) is 18.4 Å². The van der Waals surface area contributed by atoms with Crippen molar-refractivity contribution in [3.8, 4) is 5.75 Å². The minimum atomic E-state index is 0. The summed E-state index contributed by atoms with van der Waals surface area (Å²) < 4.78 is 11.2. The lowest BCUT2D eigenvalue weighted by Gasteiger charge is -2.39. The first-order valence-electron chi connectivity index (χ1n) is 11.6. The third-order valence-electron chi connectivity index (χ3n) is 6.42. The Morgan fingerprint density at radius 3 is 2.42 bits per heavy atom. The van der Waals surface area contributed by atoms with E-state index >= 15 is 0 Å². The van der Waals surface area contributed by atoms with Gasteiger partial charge in [0.05, 0.1) is 13.2 Å². The van der Waals surface area contributed by atoms with E-state index in [0.717, 1.165) is 63.9 Å². The summed E-state index contributed by atoms with van der Waals surface area (Å²) in [5, 5.41) is 3.52. The molecule has 0 spiro atoms. The van der Waals surface area contributed by atoms with Crippen molar-refractivity contribution in [2.45, 2.75) is 51.7 Å². The molecule has 0 bridgehead atoms. The fourth-order valence-electron chi connectivity index (χ4n) is 4.88. The summed E-state index contributed by atoms with van der Waals surface area (Å²) in [5.41, 5.74) is 1.36. The average Bonchev–Trinajstić information content (AvgIpc) is 2.78. The van der Waals surface area contributed by atoms with Crippen LogP contribution >= 0.6 is 24.0 Å². The molecular weight excluding hydrogens is 503 g/mol. The van der Waals surface area contributed by atoms with Gasteiger partial charge in [0.15, 0.2) is 5.96 Å². The van der Waals surface area contributed by atoms with Crippen molar-refractivity contribution in [2.24, 2.45) is 10.9 Å². The maximum atomic E-state index is 5.82. The van der Waals surface area contributed by atoms with Crippen molar-refractivity contribution in [1.29, 1.82) is 0 Å². The maximum absolute atomic E-state index is 5.82. The molecule has 0 radical (unpaired) electrons. The Hall–Kier alpha value is -1.06. The second-order valence-corrected chi connectivity index (χ2v) is 8.44. The monoisotopic (exact) mass is 544 g/mol. The summed E-state index contributed by atoms with van der Waals surface area (Å²) in [6, 6.07) is 8.98. The van der Waals surface area contributed by atoms with Crippen LogP contribution in [0.4, 0.5) is 0 Å². The molecule has 1 aromatic rings. The molecule has 2 atom stereocenters. The lowest BCUT2D eigenvalue weighted by atomic mass is 9.85. The van der Waals surface area contributed by atoms with Gasteiger partial charge in [0, 0.05) is 38.8 Å². The Bertz CT molecular complexity index is 662.